The van der Waals surface area contributed by atoms with E-state index in [0.717, 1.165) is 30.1 Å². The minimum absolute atomic E-state index is 0.724. The van der Waals surface area contributed by atoms with Crippen molar-refractivity contribution in [2.45, 2.75) is 59.0 Å². The monoisotopic (exact) mass is 252 g/mol. The van der Waals surface area contributed by atoms with Crippen LogP contribution in [0.1, 0.15) is 50.2 Å². The van der Waals surface area contributed by atoms with Crippen molar-refractivity contribution in [1.82, 2.24) is 10.3 Å². The van der Waals surface area contributed by atoms with Crippen molar-refractivity contribution in [3.63, 3.8) is 0 Å². The number of aromatic nitrogens is 1. The lowest BCUT2D eigenvalue weighted by molar-refractivity contribution is 0.394. The average Bonchev–Trinajstić information content (AvgIpc) is 3.02. The molecular formula is C14H24N2S. The van der Waals surface area contributed by atoms with Crippen LogP contribution in [0.5, 0.6) is 0 Å². The lowest BCUT2D eigenvalue weighted by Crippen LogP contribution is -2.30. The van der Waals surface area contributed by atoms with Crippen LogP contribution in [-0.4, -0.2) is 11.0 Å². The first kappa shape index (κ1) is 13.0. The molecule has 1 unspecified atom stereocenters. The van der Waals surface area contributed by atoms with E-state index in [0.29, 0.717) is 0 Å². The standard InChI is InChI=1S/C14H24N2S/c1-10(2)4-7-13(12-5-6-12)15-8-14-16-11(3)9-17-14/h9-10,12-13,15H,4-8H2,1-3H3. The van der Waals surface area contributed by atoms with Crippen LogP contribution < -0.4 is 5.32 Å². The third kappa shape index (κ3) is 4.40. The quantitative estimate of drug-likeness (QED) is 0.799. The van der Waals surface area contributed by atoms with Crippen LogP contribution in [-0.2, 0) is 6.54 Å². The van der Waals surface area contributed by atoms with Gasteiger partial charge < -0.3 is 5.32 Å². The average molecular weight is 252 g/mol. The molecule has 1 heterocycles. The van der Waals surface area contributed by atoms with Crippen molar-refractivity contribution in [2.24, 2.45) is 11.8 Å². The molecule has 1 fully saturated rings. The van der Waals surface area contributed by atoms with Gasteiger partial charge in [0.25, 0.3) is 0 Å². The number of nitrogens with zero attached hydrogens (tertiary/aromatic N) is 1. The van der Waals surface area contributed by atoms with Crippen molar-refractivity contribution in [3.05, 3.63) is 16.1 Å². The summed E-state index contributed by atoms with van der Waals surface area (Å²) in [4.78, 5) is 4.51. The van der Waals surface area contributed by atoms with E-state index < -0.39 is 0 Å². The van der Waals surface area contributed by atoms with Crippen LogP contribution in [0.3, 0.4) is 0 Å². The van der Waals surface area contributed by atoms with E-state index >= 15 is 0 Å². The zero-order valence-electron chi connectivity index (χ0n) is 11.2. The Balaban J connectivity index is 1.77. The van der Waals surface area contributed by atoms with Crippen LogP contribution in [0.4, 0.5) is 0 Å². The van der Waals surface area contributed by atoms with E-state index in [-0.39, 0.29) is 0 Å². The molecule has 0 aliphatic heterocycles. The minimum Gasteiger partial charge on any atom is -0.307 e. The van der Waals surface area contributed by atoms with Gasteiger partial charge in [0, 0.05) is 23.7 Å². The fraction of sp³-hybridized carbons (Fsp3) is 0.786. The van der Waals surface area contributed by atoms with Crippen LogP contribution in [0, 0.1) is 18.8 Å². The highest BCUT2D eigenvalue weighted by Gasteiger charge is 2.30. The summed E-state index contributed by atoms with van der Waals surface area (Å²) in [5.41, 5.74) is 1.15. The van der Waals surface area contributed by atoms with E-state index in [4.69, 9.17) is 0 Å². The van der Waals surface area contributed by atoms with E-state index in [2.05, 4.69) is 36.5 Å². The summed E-state index contributed by atoms with van der Waals surface area (Å²) >= 11 is 1.77. The van der Waals surface area contributed by atoms with Gasteiger partial charge in [-0.1, -0.05) is 13.8 Å². The molecule has 1 aromatic heterocycles. The van der Waals surface area contributed by atoms with Gasteiger partial charge in [-0.3, -0.25) is 0 Å². The maximum atomic E-state index is 4.51. The number of rotatable bonds is 7. The van der Waals surface area contributed by atoms with Crippen LogP contribution >= 0.6 is 11.3 Å². The Morgan fingerprint density at radius 2 is 2.18 bits per heavy atom. The number of nitrogens with one attached hydrogen (secondary N) is 1. The van der Waals surface area contributed by atoms with Gasteiger partial charge in [-0.2, -0.15) is 0 Å². The normalized spacial score (nSPS) is 17.6. The SMILES string of the molecule is Cc1csc(CNC(CCC(C)C)C2CC2)n1. The zero-order valence-corrected chi connectivity index (χ0v) is 12.0. The number of hydrogen-bond acceptors (Lipinski definition) is 3. The molecule has 1 aromatic rings. The Kier molecular flexibility index (Phi) is 4.57. The topological polar surface area (TPSA) is 24.9 Å². The maximum Gasteiger partial charge on any atom is 0.107 e. The molecule has 1 atom stereocenters. The minimum atomic E-state index is 0.724. The van der Waals surface area contributed by atoms with Crippen molar-refractivity contribution in [3.8, 4) is 0 Å². The predicted molar refractivity (Wildman–Crippen MR) is 74.3 cm³/mol. The fourth-order valence-corrected chi connectivity index (χ4v) is 2.94. The molecular weight excluding hydrogens is 228 g/mol. The first-order valence-corrected chi connectivity index (χ1v) is 7.67. The third-order valence-electron chi connectivity index (χ3n) is 3.43. The van der Waals surface area contributed by atoms with Crippen LogP contribution in [0.2, 0.25) is 0 Å². The molecule has 1 N–H and O–H groups in total. The van der Waals surface area contributed by atoms with Crippen molar-refractivity contribution in [2.75, 3.05) is 0 Å². The number of aryl methyl sites for hydroxylation is 1. The van der Waals surface area contributed by atoms with Gasteiger partial charge in [0.15, 0.2) is 0 Å². The molecule has 17 heavy (non-hydrogen) atoms. The van der Waals surface area contributed by atoms with Gasteiger partial charge >= 0.3 is 0 Å². The highest BCUT2D eigenvalue weighted by atomic mass is 32.1. The first-order chi connectivity index (χ1) is 8.15. The summed E-state index contributed by atoms with van der Waals surface area (Å²) in [6, 6.07) is 0.724. The van der Waals surface area contributed by atoms with Crippen molar-refractivity contribution < 1.29 is 0 Å². The summed E-state index contributed by atoms with van der Waals surface area (Å²) in [7, 11) is 0. The molecule has 2 rings (SSSR count). The Morgan fingerprint density at radius 3 is 2.71 bits per heavy atom. The molecule has 0 aromatic carbocycles. The summed E-state index contributed by atoms with van der Waals surface area (Å²) in [6.45, 7) is 7.65. The third-order valence-corrected chi connectivity index (χ3v) is 4.39. The van der Waals surface area contributed by atoms with Crippen molar-refractivity contribution in [1.29, 1.82) is 0 Å². The second-order valence-electron chi connectivity index (χ2n) is 5.68. The summed E-state index contributed by atoms with van der Waals surface area (Å²) in [6.07, 6.45) is 5.51. The lowest BCUT2D eigenvalue weighted by atomic mass is 10.0. The van der Waals surface area contributed by atoms with E-state index in [9.17, 15) is 0 Å². The Bertz CT molecular complexity index is 342. The van der Waals surface area contributed by atoms with Gasteiger partial charge in [-0.25, -0.2) is 4.98 Å². The second-order valence-corrected chi connectivity index (χ2v) is 6.62. The molecule has 2 nitrogen and oxygen atoms in total. The molecule has 0 radical (unpaired) electrons. The molecule has 0 spiro atoms. The largest absolute Gasteiger partial charge is 0.307 e. The molecule has 0 amide bonds. The highest BCUT2D eigenvalue weighted by Crippen LogP contribution is 2.35. The van der Waals surface area contributed by atoms with Gasteiger partial charge in [0.2, 0.25) is 0 Å². The molecule has 96 valence electrons. The fourth-order valence-electron chi connectivity index (χ4n) is 2.22. The number of hydrogen-bond donors (Lipinski definition) is 1. The van der Waals surface area contributed by atoms with Gasteiger partial charge in [0.05, 0.1) is 0 Å². The van der Waals surface area contributed by atoms with Crippen LogP contribution in [0.25, 0.3) is 0 Å². The maximum absolute atomic E-state index is 4.51. The molecule has 0 saturated heterocycles. The van der Waals surface area contributed by atoms with Gasteiger partial charge in [-0.05, 0) is 44.4 Å². The van der Waals surface area contributed by atoms with Crippen LogP contribution in [0.15, 0.2) is 5.38 Å². The van der Waals surface area contributed by atoms with Crippen molar-refractivity contribution >= 4 is 11.3 Å². The molecule has 1 aliphatic rings. The molecule has 1 saturated carbocycles. The van der Waals surface area contributed by atoms with E-state index in [1.807, 2.05) is 0 Å². The van der Waals surface area contributed by atoms with Gasteiger partial charge in [-0.15, -0.1) is 11.3 Å². The summed E-state index contributed by atoms with van der Waals surface area (Å²) in [5, 5.41) is 7.08. The highest BCUT2D eigenvalue weighted by molar-refractivity contribution is 7.09. The Labute approximate surface area is 109 Å². The molecule has 3 heteroatoms. The zero-order chi connectivity index (χ0) is 12.3. The van der Waals surface area contributed by atoms with E-state index in [1.165, 1.54) is 30.7 Å². The first-order valence-electron chi connectivity index (χ1n) is 6.79. The smallest absolute Gasteiger partial charge is 0.107 e. The number of thiazole rings is 1. The second kappa shape index (κ2) is 5.96. The molecule has 1 aliphatic carbocycles. The molecule has 0 bridgehead atoms. The van der Waals surface area contributed by atoms with Gasteiger partial charge in [0.1, 0.15) is 5.01 Å². The summed E-state index contributed by atoms with van der Waals surface area (Å²) < 4.78 is 0. The van der Waals surface area contributed by atoms with E-state index in [1.54, 1.807) is 11.3 Å². The summed E-state index contributed by atoms with van der Waals surface area (Å²) in [5.74, 6) is 1.76. The predicted octanol–water partition coefficient (Wildman–Crippen LogP) is 3.76. The Hall–Kier alpha value is -0.410. The Morgan fingerprint density at radius 1 is 1.41 bits per heavy atom. The lowest BCUT2D eigenvalue weighted by Gasteiger charge is -2.18.